The molecule has 0 unspecified atom stereocenters. The van der Waals surface area contributed by atoms with Gasteiger partial charge in [-0.15, -0.1) is 5.10 Å². The lowest BCUT2D eigenvalue weighted by Crippen LogP contribution is -2.40. The molecular formula is C20H18N6O3. The zero-order chi connectivity index (χ0) is 20.0. The predicted octanol–water partition coefficient (Wildman–Crippen LogP) is 1.72. The maximum Gasteiger partial charge on any atom is 0.415 e. The first-order chi connectivity index (χ1) is 14.1. The van der Waals surface area contributed by atoms with Gasteiger partial charge in [0.15, 0.2) is 5.82 Å². The zero-order valence-electron chi connectivity index (χ0n) is 15.6. The number of nitrogens with zero attached hydrogens (tertiary/aromatic N) is 5. The fraction of sp³-hybridized carbons (Fsp3) is 0.250. The first-order valence-electron chi connectivity index (χ1n) is 9.30. The molecule has 2 aliphatic heterocycles. The van der Waals surface area contributed by atoms with Gasteiger partial charge in [-0.3, -0.25) is 9.69 Å². The molecule has 2 aliphatic rings. The van der Waals surface area contributed by atoms with Crippen molar-refractivity contribution in [3.8, 4) is 16.9 Å². The molecule has 0 radical (unpaired) electrons. The number of nitrogens with one attached hydrogen (secondary N) is 1. The molecule has 4 heterocycles. The number of benzene rings is 1. The topological polar surface area (TPSA) is 102 Å². The van der Waals surface area contributed by atoms with Crippen molar-refractivity contribution in [2.45, 2.75) is 25.5 Å². The van der Waals surface area contributed by atoms with Crippen LogP contribution in [0.2, 0.25) is 0 Å². The third-order valence-electron chi connectivity index (χ3n) is 5.27. The molecule has 0 bridgehead atoms. The van der Waals surface area contributed by atoms with Crippen LogP contribution in [0.1, 0.15) is 12.5 Å². The highest BCUT2D eigenvalue weighted by atomic mass is 16.6. The van der Waals surface area contributed by atoms with E-state index in [0.717, 1.165) is 22.4 Å². The first kappa shape index (κ1) is 17.4. The van der Waals surface area contributed by atoms with Gasteiger partial charge in [0.05, 0.1) is 30.7 Å². The summed E-state index contributed by atoms with van der Waals surface area (Å²) in [5.74, 6) is 0.552. The Kier molecular flexibility index (Phi) is 4.01. The van der Waals surface area contributed by atoms with Crippen LogP contribution in [0.15, 0.2) is 48.9 Å². The number of fused-ring (bicyclic) bond motifs is 3. The van der Waals surface area contributed by atoms with Crippen molar-refractivity contribution < 1.29 is 14.3 Å². The molecule has 1 N–H and O–H groups in total. The molecule has 9 heteroatoms. The van der Waals surface area contributed by atoms with Gasteiger partial charge in [0.25, 0.3) is 0 Å². The number of hydrogen-bond acceptors (Lipinski definition) is 6. The number of anilines is 1. The van der Waals surface area contributed by atoms with Gasteiger partial charge in [0.2, 0.25) is 5.91 Å². The first-order valence-corrected chi connectivity index (χ1v) is 9.30. The van der Waals surface area contributed by atoms with E-state index in [1.165, 1.54) is 6.92 Å². The van der Waals surface area contributed by atoms with E-state index in [4.69, 9.17) is 4.74 Å². The number of aromatic nitrogens is 4. The Labute approximate surface area is 166 Å². The number of amides is 2. The zero-order valence-corrected chi connectivity index (χ0v) is 15.6. The van der Waals surface area contributed by atoms with Crippen molar-refractivity contribution in [3.05, 3.63) is 54.5 Å². The summed E-state index contributed by atoms with van der Waals surface area (Å²) in [4.78, 5) is 29.7. The molecule has 0 aliphatic carbocycles. The van der Waals surface area contributed by atoms with Crippen molar-refractivity contribution in [2.24, 2.45) is 0 Å². The minimum Gasteiger partial charge on any atom is -0.442 e. The second-order valence-corrected chi connectivity index (χ2v) is 7.10. The van der Waals surface area contributed by atoms with Crippen molar-refractivity contribution in [1.29, 1.82) is 0 Å². The summed E-state index contributed by atoms with van der Waals surface area (Å²) in [5, 5.41) is 10.5. The molecule has 2 atom stereocenters. The normalized spacial score (nSPS) is 19.6. The van der Waals surface area contributed by atoms with Crippen LogP contribution in [0, 0.1) is 0 Å². The van der Waals surface area contributed by atoms with E-state index in [2.05, 4.69) is 26.7 Å². The SMILES string of the molecule is CC(=O)NC[C@@H]1OC(=O)N2c3ccc(-c4ccc(-n5ccnn5)nc4)cc3C[C@@H]12. The maximum absolute atomic E-state index is 12.3. The summed E-state index contributed by atoms with van der Waals surface area (Å²) < 4.78 is 7.05. The Balaban J connectivity index is 1.39. The molecule has 5 rings (SSSR count). The van der Waals surface area contributed by atoms with Crippen molar-refractivity contribution in [2.75, 3.05) is 11.4 Å². The maximum atomic E-state index is 12.3. The molecule has 146 valence electrons. The summed E-state index contributed by atoms with van der Waals surface area (Å²) >= 11 is 0. The lowest BCUT2D eigenvalue weighted by Gasteiger charge is -2.16. The van der Waals surface area contributed by atoms with Crippen molar-refractivity contribution in [3.63, 3.8) is 0 Å². The second kappa shape index (κ2) is 6.69. The highest BCUT2D eigenvalue weighted by molar-refractivity contribution is 5.94. The van der Waals surface area contributed by atoms with Gasteiger partial charge in [-0.25, -0.2) is 14.5 Å². The van der Waals surface area contributed by atoms with Gasteiger partial charge >= 0.3 is 6.09 Å². The summed E-state index contributed by atoms with van der Waals surface area (Å²) in [7, 11) is 0. The van der Waals surface area contributed by atoms with Gasteiger partial charge in [0, 0.05) is 18.7 Å². The highest BCUT2D eigenvalue weighted by Gasteiger charge is 2.47. The Morgan fingerprint density at radius 1 is 1.28 bits per heavy atom. The van der Waals surface area contributed by atoms with E-state index < -0.39 is 0 Å². The van der Waals surface area contributed by atoms with Crippen LogP contribution >= 0.6 is 0 Å². The van der Waals surface area contributed by atoms with Crippen molar-refractivity contribution in [1.82, 2.24) is 25.3 Å². The molecule has 2 aromatic heterocycles. The van der Waals surface area contributed by atoms with Crippen LogP contribution in [0.3, 0.4) is 0 Å². The number of pyridine rings is 1. The van der Waals surface area contributed by atoms with E-state index in [1.54, 1.807) is 28.2 Å². The molecular weight excluding hydrogens is 372 g/mol. The fourth-order valence-electron chi connectivity index (χ4n) is 3.90. The number of rotatable bonds is 4. The van der Waals surface area contributed by atoms with Crippen LogP contribution in [0.25, 0.3) is 16.9 Å². The van der Waals surface area contributed by atoms with E-state index in [-0.39, 0.29) is 24.1 Å². The van der Waals surface area contributed by atoms with Gasteiger partial charge in [-0.1, -0.05) is 11.3 Å². The molecule has 0 spiro atoms. The smallest absolute Gasteiger partial charge is 0.415 e. The Morgan fingerprint density at radius 2 is 2.14 bits per heavy atom. The van der Waals surface area contributed by atoms with Crippen molar-refractivity contribution >= 4 is 17.7 Å². The van der Waals surface area contributed by atoms with Gasteiger partial charge in [-0.2, -0.15) is 0 Å². The Bertz CT molecular complexity index is 1080. The van der Waals surface area contributed by atoms with E-state index in [0.29, 0.717) is 18.8 Å². The number of ether oxygens (including phenoxy) is 1. The number of carbonyl (C=O) groups is 2. The summed E-state index contributed by atoms with van der Waals surface area (Å²) in [6, 6.07) is 9.77. The standard InChI is InChI=1S/C20H18N6O3/c1-12(27)21-11-18-17-9-15-8-13(2-4-16(15)26(17)20(28)29-18)14-3-5-19(22-10-14)25-7-6-23-24-25/h2-8,10,17-18H,9,11H2,1H3,(H,21,27)/t17-,18-/m0/s1. The highest BCUT2D eigenvalue weighted by Crippen LogP contribution is 2.40. The minimum absolute atomic E-state index is 0.104. The monoisotopic (exact) mass is 390 g/mol. The van der Waals surface area contributed by atoms with Crippen LogP contribution in [-0.2, 0) is 16.0 Å². The largest absolute Gasteiger partial charge is 0.442 e. The molecule has 1 fully saturated rings. The summed E-state index contributed by atoms with van der Waals surface area (Å²) in [6.45, 7) is 1.77. The molecule has 1 aromatic carbocycles. The van der Waals surface area contributed by atoms with E-state index in [9.17, 15) is 9.59 Å². The second-order valence-electron chi connectivity index (χ2n) is 7.10. The van der Waals surface area contributed by atoms with Crippen LogP contribution in [0.4, 0.5) is 10.5 Å². The average Bonchev–Trinajstić information content (AvgIpc) is 3.44. The van der Waals surface area contributed by atoms with Crippen LogP contribution < -0.4 is 10.2 Å². The Hall–Kier alpha value is -3.75. The quantitative estimate of drug-likeness (QED) is 0.728. The van der Waals surface area contributed by atoms with Gasteiger partial charge < -0.3 is 10.1 Å². The van der Waals surface area contributed by atoms with E-state index >= 15 is 0 Å². The molecule has 1 saturated heterocycles. The number of carbonyl (C=O) groups excluding carboxylic acids is 2. The molecule has 0 saturated carbocycles. The predicted molar refractivity (Wildman–Crippen MR) is 104 cm³/mol. The molecule has 29 heavy (non-hydrogen) atoms. The van der Waals surface area contributed by atoms with Crippen LogP contribution in [0.5, 0.6) is 0 Å². The summed E-state index contributed by atoms with van der Waals surface area (Å²) in [6.07, 6.45) is 5.10. The van der Waals surface area contributed by atoms with Gasteiger partial charge in [-0.05, 0) is 41.8 Å². The van der Waals surface area contributed by atoms with Crippen LogP contribution in [-0.4, -0.2) is 50.7 Å². The molecule has 2 amide bonds. The van der Waals surface area contributed by atoms with Gasteiger partial charge in [0.1, 0.15) is 6.10 Å². The minimum atomic E-state index is -0.365. The molecule has 3 aromatic rings. The third-order valence-corrected chi connectivity index (χ3v) is 5.27. The number of cyclic esters (lactones) is 1. The lowest BCUT2D eigenvalue weighted by atomic mass is 10.0. The summed E-state index contributed by atoms with van der Waals surface area (Å²) in [5.41, 5.74) is 3.94. The Morgan fingerprint density at radius 3 is 2.86 bits per heavy atom. The lowest BCUT2D eigenvalue weighted by molar-refractivity contribution is -0.119. The average molecular weight is 390 g/mol. The number of hydrogen-bond donors (Lipinski definition) is 1. The molecule has 9 nitrogen and oxygen atoms in total. The van der Waals surface area contributed by atoms with E-state index in [1.807, 2.05) is 24.3 Å². The fourth-order valence-corrected chi connectivity index (χ4v) is 3.90. The third kappa shape index (κ3) is 3.00.